The fourth-order valence-electron chi connectivity index (χ4n) is 1.49. The Labute approximate surface area is 101 Å². The summed E-state index contributed by atoms with van der Waals surface area (Å²) in [5.41, 5.74) is 2.65. The third-order valence-corrected chi connectivity index (χ3v) is 3.54. The summed E-state index contributed by atoms with van der Waals surface area (Å²) in [7, 11) is 0. The van der Waals surface area contributed by atoms with Crippen LogP contribution in [0.3, 0.4) is 0 Å². The number of hydrogen-bond donors (Lipinski definition) is 0. The van der Waals surface area contributed by atoms with Crippen LogP contribution in [0.5, 0.6) is 0 Å². The number of aromatic nitrogens is 1. The highest BCUT2D eigenvalue weighted by atomic mass is 35.5. The number of aryl methyl sites for hydroxylation is 1. The molecule has 0 saturated heterocycles. The Kier molecular flexibility index (Phi) is 2.70. The molecule has 0 radical (unpaired) electrons. The fraction of sp³-hybridized carbons (Fsp3) is 0.462. The normalized spacial score (nSPS) is 12.3. The largest absolute Gasteiger partial charge is 0.440 e. The minimum atomic E-state index is -0.0284. The standard InChI is InChI=1S/C13H16ClNO/c1-5-13(3,4)12-15-10-7-9(14)8(2)6-11(10)16-12/h6-7H,5H2,1-4H3. The molecule has 0 bridgehead atoms. The zero-order valence-electron chi connectivity index (χ0n) is 10.1. The Morgan fingerprint density at radius 1 is 1.38 bits per heavy atom. The molecule has 0 saturated carbocycles. The molecule has 0 aliphatic carbocycles. The molecule has 2 aromatic rings. The van der Waals surface area contributed by atoms with Crippen molar-refractivity contribution in [1.82, 2.24) is 4.98 Å². The van der Waals surface area contributed by atoms with Crippen LogP contribution in [0.15, 0.2) is 16.5 Å². The third-order valence-electron chi connectivity index (χ3n) is 3.13. The molecule has 0 aliphatic rings. The Bertz CT molecular complexity index is 489. The summed E-state index contributed by atoms with van der Waals surface area (Å²) in [6, 6.07) is 3.81. The van der Waals surface area contributed by atoms with E-state index in [0.29, 0.717) is 0 Å². The van der Waals surface area contributed by atoms with Crippen LogP contribution < -0.4 is 0 Å². The van der Waals surface area contributed by atoms with Crippen LogP contribution in [0.2, 0.25) is 5.02 Å². The molecule has 1 aromatic heterocycles. The monoisotopic (exact) mass is 237 g/mol. The van der Waals surface area contributed by atoms with Gasteiger partial charge in [-0.3, -0.25) is 0 Å². The first-order valence-corrected chi connectivity index (χ1v) is 5.89. The third kappa shape index (κ3) is 1.82. The molecule has 0 fully saturated rings. The number of fused-ring (bicyclic) bond motifs is 1. The summed E-state index contributed by atoms with van der Waals surface area (Å²) in [4.78, 5) is 4.51. The maximum absolute atomic E-state index is 6.06. The van der Waals surface area contributed by atoms with Crippen molar-refractivity contribution >= 4 is 22.7 Å². The molecule has 1 heterocycles. The maximum Gasteiger partial charge on any atom is 0.201 e. The Morgan fingerprint density at radius 3 is 2.69 bits per heavy atom. The van der Waals surface area contributed by atoms with Gasteiger partial charge >= 0.3 is 0 Å². The van der Waals surface area contributed by atoms with Crippen LogP contribution in [0.25, 0.3) is 11.1 Å². The van der Waals surface area contributed by atoms with Gasteiger partial charge in [0, 0.05) is 10.4 Å². The van der Waals surface area contributed by atoms with E-state index in [-0.39, 0.29) is 5.41 Å². The summed E-state index contributed by atoms with van der Waals surface area (Å²) < 4.78 is 5.79. The topological polar surface area (TPSA) is 26.0 Å². The van der Waals surface area contributed by atoms with Crippen LogP contribution in [-0.4, -0.2) is 4.98 Å². The van der Waals surface area contributed by atoms with E-state index in [1.807, 2.05) is 19.1 Å². The number of rotatable bonds is 2. The van der Waals surface area contributed by atoms with Gasteiger partial charge in [-0.25, -0.2) is 4.98 Å². The minimum Gasteiger partial charge on any atom is -0.440 e. The average Bonchev–Trinajstić information content (AvgIpc) is 2.62. The Balaban J connectivity index is 2.61. The second kappa shape index (κ2) is 3.77. The van der Waals surface area contributed by atoms with Crippen molar-refractivity contribution < 1.29 is 4.42 Å². The molecular weight excluding hydrogens is 222 g/mol. The van der Waals surface area contributed by atoms with Crippen LogP contribution >= 0.6 is 11.6 Å². The van der Waals surface area contributed by atoms with Crippen molar-refractivity contribution in [2.45, 2.75) is 39.5 Å². The highest BCUT2D eigenvalue weighted by Crippen LogP contribution is 2.31. The summed E-state index contributed by atoms with van der Waals surface area (Å²) in [6.45, 7) is 8.36. The molecule has 2 nitrogen and oxygen atoms in total. The van der Waals surface area contributed by atoms with Crippen molar-refractivity contribution in [3.63, 3.8) is 0 Å². The molecule has 86 valence electrons. The first-order valence-electron chi connectivity index (χ1n) is 5.51. The average molecular weight is 238 g/mol. The van der Waals surface area contributed by atoms with Gasteiger partial charge in [-0.05, 0) is 31.0 Å². The zero-order valence-corrected chi connectivity index (χ0v) is 10.9. The number of hydrogen-bond acceptors (Lipinski definition) is 2. The predicted octanol–water partition coefficient (Wildman–Crippen LogP) is 4.48. The van der Waals surface area contributed by atoms with Gasteiger partial charge in [-0.2, -0.15) is 0 Å². The first kappa shape index (κ1) is 11.5. The van der Waals surface area contributed by atoms with Crippen molar-refractivity contribution in [1.29, 1.82) is 0 Å². The van der Waals surface area contributed by atoms with Gasteiger partial charge in [0.05, 0.1) is 0 Å². The zero-order chi connectivity index (χ0) is 11.9. The lowest BCUT2D eigenvalue weighted by atomic mass is 9.90. The summed E-state index contributed by atoms with van der Waals surface area (Å²) in [6.07, 6.45) is 0.993. The number of oxazole rings is 1. The Morgan fingerprint density at radius 2 is 2.06 bits per heavy atom. The van der Waals surface area contributed by atoms with Gasteiger partial charge < -0.3 is 4.42 Å². The summed E-state index contributed by atoms with van der Waals surface area (Å²) in [5, 5.41) is 0.738. The van der Waals surface area contributed by atoms with E-state index in [0.717, 1.165) is 34.0 Å². The number of halogens is 1. The van der Waals surface area contributed by atoms with Crippen LogP contribution in [0.4, 0.5) is 0 Å². The van der Waals surface area contributed by atoms with E-state index in [9.17, 15) is 0 Å². The molecule has 16 heavy (non-hydrogen) atoms. The molecular formula is C13H16ClNO. The SMILES string of the molecule is CCC(C)(C)c1nc2cc(Cl)c(C)cc2o1. The first-order chi connectivity index (χ1) is 7.44. The second-order valence-electron chi connectivity index (χ2n) is 4.83. The van der Waals surface area contributed by atoms with Crippen LogP contribution in [-0.2, 0) is 5.41 Å². The smallest absolute Gasteiger partial charge is 0.201 e. The summed E-state index contributed by atoms with van der Waals surface area (Å²) >= 11 is 6.06. The van der Waals surface area contributed by atoms with Gasteiger partial charge in [0.25, 0.3) is 0 Å². The van der Waals surface area contributed by atoms with Gasteiger partial charge in [-0.15, -0.1) is 0 Å². The summed E-state index contributed by atoms with van der Waals surface area (Å²) in [5.74, 6) is 0.784. The lowest BCUT2D eigenvalue weighted by molar-refractivity contribution is 0.373. The second-order valence-corrected chi connectivity index (χ2v) is 5.23. The van der Waals surface area contributed by atoms with E-state index in [2.05, 4.69) is 25.8 Å². The lowest BCUT2D eigenvalue weighted by Crippen LogP contribution is -2.15. The quantitative estimate of drug-likeness (QED) is 0.770. The molecule has 0 unspecified atom stereocenters. The van der Waals surface area contributed by atoms with Gasteiger partial charge in [0.2, 0.25) is 5.89 Å². The van der Waals surface area contributed by atoms with Gasteiger partial charge in [-0.1, -0.05) is 32.4 Å². The van der Waals surface area contributed by atoms with E-state index >= 15 is 0 Å². The van der Waals surface area contributed by atoms with Crippen LogP contribution in [0, 0.1) is 6.92 Å². The molecule has 0 atom stereocenters. The van der Waals surface area contributed by atoms with Crippen LogP contribution in [0.1, 0.15) is 38.6 Å². The van der Waals surface area contributed by atoms with Gasteiger partial charge in [0.1, 0.15) is 5.52 Å². The van der Waals surface area contributed by atoms with E-state index in [1.165, 1.54) is 0 Å². The highest BCUT2D eigenvalue weighted by molar-refractivity contribution is 6.32. The van der Waals surface area contributed by atoms with Crippen molar-refractivity contribution in [3.05, 3.63) is 28.6 Å². The molecule has 0 aliphatic heterocycles. The molecule has 1 aromatic carbocycles. The lowest BCUT2D eigenvalue weighted by Gasteiger charge is -2.16. The fourth-order valence-corrected chi connectivity index (χ4v) is 1.65. The van der Waals surface area contributed by atoms with Crippen molar-refractivity contribution in [2.75, 3.05) is 0 Å². The minimum absolute atomic E-state index is 0.0284. The number of benzene rings is 1. The van der Waals surface area contributed by atoms with E-state index < -0.39 is 0 Å². The van der Waals surface area contributed by atoms with Crippen molar-refractivity contribution in [3.8, 4) is 0 Å². The van der Waals surface area contributed by atoms with Gasteiger partial charge in [0.15, 0.2) is 5.58 Å². The van der Waals surface area contributed by atoms with E-state index in [1.54, 1.807) is 0 Å². The van der Waals surface area contributed by atoms with E-state index in [4.69, 9.17) is 16.0 Å². The predicted molar refractivity (Wildman–Crippen MR) is 67.1 cm³/mol. The van der Waals surface area contributed by atoms with Crippen molar-refractivity contribution in [2.24, 2.45) is 0 Å². The molecule has 0 spiro atoms. The number of nitrogens with zero attached hydrogens (tertiary/aromatic N) is 1. The Hall–Kier alpha value is -1.02. The molecule has 0 amide bonds. The molecule has 3 heteroatoms. The molecule has 2 rings (SSSR count). The highest BCUT2D eigenvalue weighted by Gasteiger charge is 2.24. The maximum atomic E-state index is 6.06. The molecule has 0 N–H and O–H groups in total.